The summed E-state index contributed by atoms with van der Waals surface area (Å²) < 4.78 is 11.0. The van der Waals surface area contributed by atoms with Crippen molar-refractivity contribution in [2.45, 2.75) is 43.7 Å². The van der Waals surface area contributed by atoms with Crippen LogP contribution in [0.4, 0.5) is 0 Å². The Balaban J connectivity index is 0.00000261. The van der Waals surface area contributed by atoms with Gasteiger partial charge in [0.2, 0.25) is 0 Å². The lowest BCUT2D eigenvalue weighted by molar-refractivity contribution is -0.137. The van der Waals surface area contributed by atoms with Crippen LogP contribution in [0.15, 0.2) is 18.2 Å². The average Bonchev–Trinajstić information content (AvgIpc) is 3.49. The molecule has 2 N–H and O–H groups in total. The van der Waals surface area contributed by atoms with Crippen molar-refractivity contribution in [1.29, 1.82) is 0 Å². The van der Waals surface area contributed by atoms with Gasteiger partial charge in [-0.15, -0.1) is 12.4 Å². The highest BCUT2D eigenvalue weighted by Crippen LogP contribution is 2.47. The van der Waals surface area contributed by atoms with Crippen molar-refractivity contribution in [2.75, 3.05) is 26.8 Å². The molecular formula is C19H26ClN3O4. The molecule has 1 aliphatic heterocycles. The standard InChI is InChI=1S/C19H25N3O4.ClH/c1-4-26-16-13-14(5-6-15(16)25-3)18(20-2)9-11-22(12-10-18)19(7-8-19)17(23)21-24;/h5-6,13,24H,4,7-12H2,1,3H3,(H,21,23);1H. The fourth-order valence-corrected chi connectivity index (χ4v) is 3.91. The minimum absolute atomic E-state index is 0. The third kappa shape index (κ3) is 3.70. The quantitative estimate of drug-likeness (QED) is 0.440. The first-order valence-corrected chi connectivity index (χ1v) is 8.95. The van der Waals surface area contributed by atoms with E-state index in [0.29, 0.717) is 44.0 Å². The smallest absolute Gasteiger partial charge is 0.263 e. The summed E-state index contributed by atoms with van der Waals surface area (Å²) in [7, 11) is 1.60. The molecule has 27 heavy (non-hydrogen) atoms. The molecule has 0 unspecified atom stereocenters. The van der Waals surface area contributed by atoms with E-state index in [1.807, 2.05) is 25.1 Å². The van der Waals surface area contributed by atoms with Crippen LogP contribution in [0.25, 0.3) is 4.85 Å². The summed E-state index contributed by atoms with van der Waals surface area (Å²) in [4.78, 5) is 18.1. The van der Waals surface area contributed by atoms with Crippen LogP contribution < -0.4 is 15.0 Å². The normalized spacial score (nSPS) is 19.9. The summed E-state index contributed by atoms with van der Waals surface area (Å²) in [5.74, 6) is 0.969. The van der Waals surface area contributed by atoms with E-state index < -0.39 is 11.1 Å². The number of hydroxylamine groups is 1. The van der Waals surface area contributed by atoms with Gasteiger partial charge in [0.05, 0.1) is 13.7 Å². The van der Waals surface area contributed by atoms with Gasteiger partial charge in [-0.25, -0.2) is 12.1 Å². The number of nitrogens with zero attached hydrogens (tertiary/aromatic N) is 2. The second-order valence-corrected chi connectivity index (χ2v) is 6.90. The number of hydrogen-bond donors (Lipinski definition) is 2. The summed E-state index contributed by atoms with van der Waals surface area (Å²) in [5, 5.41) is 9.00. The van der Waals surface area contributed by atoms with E-state index in [2.05, 4.69) is 9.74 Å². The maximum absolute atomic E-state index is 12.0. The second-order valence-electron chi connectivity index (χ2n) is 6.90. The largest absolute Gasteiger partial charge is 0.493 e. The summed E-state index contributed by atoms with van der Waals surface area (Å²) >= 11 is 0. The average molecular weight is 396 g/mol. The molecule has 0 bridgehead atoms. The lowest BCUT2D eigenvalue weighted by Crippen LogP contribution is -2.53. The molecule has 0 spiro atoms. The Labute approximate surface area is 165 Å². The van der Waals surface area contributed by atoms with E-state index in [0.717, 1.165) is 18.4 Å². The summed E-state index contributed by atoms with van der Waals surface area (Å²) in [6.45, 7) is 11.6. The zero-order valence-electron chi connectivity index (χ0n) is 15.7. The van der Waals surface area contributed by atoms with E-state index in [9.17, 15) is 4.79 Å². The number of methoxy groups -OCH3 is 1. The molecule has 1 saturated heterocycles. The molecule has 148 valence electrons. The molecule has 7 nitrogen and oxygen atoms in total. The molecule has 0 radical (unpaired) electrons. The van der Waals surface area contributed by atoms with Crippen LogP contribution in [0, 0.1) is 6.57 Å². The van der Waals surface area contributed by atoms with Crippen LogP contribution in [0.3, 0.4) is 0 Å². The van der Waals surface area contributed by atoms with Crippen molar-refractivity contribution < 1.29 is 19.5 Å². The van der Waals surface area contributed by atoms with Crippen LogP contribution in [-0.4, -0.2) is 48.4 Å². The molecule has 1 aliphatic carbocycles. The van der Waals surface area contributed by atoms with Gasteiger partial charge < -0.3 is 14.3 Å². The lowest BCUT2D eigenvalue weighted by Gasteiger charge is -2.38. The number of halogens is 1. The Hall–Kier alpha value is -2.01. The van der Waals surface area contributed by atoms with Crippen molar-refractivity contribution >= 4 is 18.3 Å². The Morgan fingerprint density at radius 2 is 1.96 bits per heavy atom. The first kappa shape index (κ1) is 21.3. The number of carbonyl (C=O) groups is 1. The van der Waals surface area contributed by atoms with Gasteiger partial charge in [-0.2, -0.15) is 0 Å². The molecule has 3 rings (SSSR count). The zero-order valence-corrected chi connectivity index (χ0v) is 16.5. The molecule has 2 aliphatic rings. The third-order valence-corrected chi connectivity index (χ3v) is 5.66. The molecule has 1 heterocycles. The van der Waals surface area contributed by atoms with Crippen molar-refractivity contribution in [3.8, 4) is 11.5 Å². The maximum Gasteiger partial charge on any atom is 0.263 e. The van der Waals surface area contributed by atoms with E-state index in [1.165, 1.54) is 0 Å². The highest BCUT2D eigenvalue weighted by Gasteiger charge is 2.57. The molecule has 0 atom stereocenters. The second kappa shape index (κ2) is 8.34. The molecule has 1 aromatic carbocycles. The SMILES string of the molecule is Cl.[C-]#[N+]C1(c2ccc(OC)c(OCC)c2)CCN(C2(C(=O)NO)CC2)CC1. The van der Waals surface area contributed by atoms with Gasteiger partial charge in [-0.05, 0) is 38.0 Å². The number of amides is 1. The molecule has 1 amide bonds. The Bertz CT molecular complexity index is 722. The summed E-state index contributed by atoms with van der Waals surface area (Å²) in [5.41, 5.74) is 1.51. The number of ether oxygens (including phenoxy) is 2. The minimum atomic E-state index is -0.625. The van der Waals surface area contributed by atoms with E-state index in [4.69, 9.17) is 21.3 Å². The highest BCUT2D eigenvalue weighted by molar-refractivity contribution is 5.88. The number of piperidine rings is 1. The fourth-order valence-electron chi connectivity index (χ4n) is 3.91. The van der Waals surface area contributed by atoms with Gasteiger partial charge in [-0.3, -0.25) is 14.9 Å². The monoisotopic (exact) mass is 395 g/mol. The van der Waals surface area contributed by atoms with Gasteiger partial charge in [-0.1, -0.05) is 0 Å². The van der Waals surface area contributed by atoms with Crippen LogP contribution in [0.2, 0.25) is 0 Å². The van der Waals surface area contributed by atoms with Gasteiger partial charge in [0.15, 0.2) is 11.5 Å². The van der Waals surface area contributed by atoms with E-state index in [-0.39, 0.29) is 18.3 Å². The number of benzene rings is 1. The topological polar surface area (TPSA) is 75.4 Å². The van der Waals surface area contributed by atoms with Gasteiger partial charge >= 0.3 is 0 Å². The molecule has 1 aromatic rings. The molecule has 1 saturated carbocycles. The van der Waals surface area contributed by atoms with Crippen LogP contribution in [0.5, 0.6) is 11.5 Å². The molecule has 8 heteroatoms. The number of nitrogens with one attached hydrogen (secondary N) is 1. The predicted octanol–water partition coefficient (Wildman–Crippen LogP) is 2.76. The summed E-state index contributed by atoms with van der Waals surface area (Å²) in [6, 6.07) is 5.69. The summed E-state index contributed by atoms with van der Waals surface area (Å²) in [6.07, 6.45) is 2.77. The Morgan fingerprint density at radius 1 is 1.30 bits per heavy atom. The Morgan fingerprint density at radius 3 is 2.44 bits per heavy atom. The van der Waals surface area contributed by atoms with Crippen LogP contribution >= 0.6 is 12.4 Å². The first-order valence-electron chi connectivity index (χ1n) is 8.95. The van der Waals surface area contributed by atoms with Crippen LogP contribution in [-0.2, 0) is 10.3 Å². The van der Waals surface area contributed by atoms with Gasteiger partial charge in [0.25, 0.3) is 11.4 Å². The van der Waals surface area contributed by atoms with E-state index >= 15 is 0 Å². The highest BCUT2D eigenvalue weighted by atomic mass is 35.5. The minimum Gasteiger partial charge on any atom is -0.493 e. The predicted molar refractivity (Wildman–Crippen MR) is 102 cm³/mol. The third-order valence-electron chi connectivity index (χ3n) is 5.66. The van der Waals surface area contributed by atoms with Crippen molar-refractivity contribution in [3.63, 3.8) is 0 Å². The van der Waals surface area contributed by atoms with Crippen molar-refractivity contribution in [1.82, 2.24) is 10.4 Å². The van der Waals surface area contributed by atoms with Crippen molar-refractivity contribution in [2.24, 2.45) is 0 Å². The molecule has 2 fully saturated rings. The number of rotatable bonds is 6. The maximum atomic E-state index is 12.0. The van der Waals surface area contributed by atoms with Gasteiger partial charge in [0, 0.05) is 31.5 Å². The fraction of sp³-hybridized carbons (Fsp3) is 0.579. The zero-order chi connectivity index (χ0) is 18.8. The number of likely N-dealkylation sites (tertiary alicyclic amines) is 1. The molecular weight excluding hydrogens is 370 g/mol. The van der Waals surface area contributed by atoms with Gasteiger partial charge in [0.1, 0.15) is 5.54 Å². The number of hydrogen-bond acceptors (Lipinski definition) is 5. The Kier molecular flexibility index (Phi) is 6.58. The lowest BCUT2D eigenvalue weighted by atomic mass is 9.81. The van der Waals surface area contributed by atoms with E-state index in [1.54, 1.807) is 12.6 Å². The first-order chi connectivity index (χ1) is 12.5. The van der Waals surface area contributed by atoms with Crippen molar-refractivity contribution in [3.05, 3.63) is 35.2 Å². The molecule has 0 aromatic heterocycles. The van der Waals surface area contributed by atoms with Crippen LogP contribution in [0.1, 0.15) is 38.2 Å². The number of carbonyl (C=O) groups excluding carboxylic acids is 1.